The summed E-state index contributed by atoms with van der Waals surface area (Å²) in [4.78, 5) is 0. The molecule has 15 heavy (non-hydrogen) atoms. The summed E-state index contributed by atoms with van der Waals surface area (Å²) in [7, 11) is 0. The molecule has 0 unspecified atom stereocenters. The van der Waals surface area contributed by atoms with Crippen molar-refractivity contribution >= 4 is 17.4 Å². The van der Waals surface area contributed by atoms with E-state index in [-0.39, 0.29) is 0 Å². The largest absolute Gasteiger partial charge is 0.493 e. The van der Waals surface area contributed by atoms with Crippen molar-refractivity contribution < 1.29 is 4.74 Å². The monoisotopic (exact) mass is 225 g/mol. The van der Waals surface area contributed by atoms with E-state index in [9.17, 15) is 0 Å². The van der Waals surface area contributed by atoms with Crippen molar-refractivity contribution in [3.05, 3.63) is 24.3 Å². The fraction of sp³-hybridized carbons (Fsp3) is 0.500. The predicted octanol–water partition coefficient (Wildman–Crippen LogP) is 3.18. The third kappa shape index (κ3) is 5.57. The molecule has 0 aliphatic carbocycles. The second kappa shape index (κ2) is 5.31. The molecule has 1 aromatic carbocycles. The van der Waals surface area contributed by atoms with E-state index in [4.69, 9.17) is 10.5 Å². The average molecular weight is 225 g/mol. The van der Waals surface area contributed by atoms with Crippen LogP contribution >= 0.6 is 11.8 Å². The zero-order valence-corrected chi connectivity index (χ0v) is 10.4. The van der Waals surface area contributed by atoms with Crippen LogP contribution in [-0.4, -0.2) is 17.1 Å². The van der Waals surface area contributed by atoms with Gasteiger partial charge >= 0.3 is 0 Å². The zero-order chi connectivity index (χ0) is 11.3. The van der Waals surface area contributed by atoms with E-state index >= 15 is 0 Å². The minimum Gasteiger partial charge on any atom is -0.493 e. The van der Waals surface area contributed by atoms with Gasteiger partial charge in [0.05, 0.1) is 6.61 Å². The molecule has 0 atom stereocenters. The summed E-state index contributed by atoms with van der Waals surface area (Å²) in [6, 6.07) is 7.51. The molecule has 1 aromatic rings. The minimum absolute atomic E-state index is 0.310. The zero-order valence-electron chi connectivity index (χ0n) is 9.62. The van der Waals surface area contributed by atoms with E-state index in [1.54, 1.807) is 0 Å². The second-order valence-electron chi connectivity index (χ2n) is 4.38. The first kappa shape index (κ1) is 12.2. The van der Waals surface area contributed by atoms with Crippen LogP contribution in [0.2, 0.25) is 0 Å². The Balaban J connectivity index is 2.23. The first-order valence-electron chi connectivity index (χ1n) is 5.10. The Hall–Kier alpha value is -0.830. The molecule has 0 aliphatic rings. The van der Waals surface area contributed by atoms with Crippen LogP contribution in [-0.2, 0) is 0 Å². The normalized spacial score (nSPS) is 11.4. The summed E-state index contributed by atoms with van der Waals surface area (Å²) in [6.07, 6.45) is 0. The highest BCUT2D eigenvalue weighted by Gasteiger charge is 2.09. The molecule has 0 spiro atoms. The third-order valence-electron chi connectivity index (χ3n) is 1.77. The van der Waals surface area contributed by atoms with Gasteiger partial charge in [-0.3, -0.25) is 0 Å². The van der Waals surface area contributed by atoms with Gasteiger partial charge in [-0.2, -0.15) is 11.8 Å². The standard InChI is InChI=1S/C12H19NOS/c1-12(2,3)15-9-8-14-11-6-4-10(13)5-7-11/h4-7H,8-9,13H2,1-3H3. The highest BCUT2D eigenvalue weighted by Crippen LogP contribution is 2.23. The van der Waals surface area contributed by atoms with Gasteiger partial charge in [-0.25, -0.2) is 0 Å². The number of anilines is 1. The molecule has 0 heterocycles. The summed E-state index contributed by atoms with van der Waals surface area (Å²) in [5.41, 5.74) is 6.35. The predicted molar refractivity (Wildman–Crippen MR) is 68.6 cm³/mol. The Bertz CT molecular complexity index is 289. The van der Waals surface area contributed by atoms with Gasteiger partial charge in [0.15, 0.2) is 0 Å². The number of nitrogen functional groups attached to an aromatic ring is 1. The molecular weight excluding hydrogens is 206 g/mol. The van der Waals surface area contributed by atoms with Crippen LogP contribution in [0.25, 0.3) is 0 Å². The smallest absolute Gasteiger partial charge is 0.119 e. The first-order valence-corrected chi connectivity index (χ1v) is 6.08. The Labute approximate surface area is 96.2 Å². The van der Waals surface area contributed by atoms with Crippen LogP contribution in [0.5, 0.6) is 5.75 Å². The van der Waals surface area contributed by atoms with Gasteiger partial charge in [0, 0.05) is 16.2 Å². The maximum absolute atomic E-state index is 5.58. The molecule has 3 heteroatoms. The van der Waals surface area contributed by atoms with Crippen molar-refractivity contribution in [2.24, 2.45) is 0 Å². The van der Waals surface area contributed by atoms with Gasteiger partial charge in [0.1, 0.15) is 5.75 Å². The van der Waals surface area contributed by atoms with Crippen LogP contribution in [0.3, 0.4) is 0 Å². The van der Waals surface area contributed by atoms with Crippen LogP contribution in [0, 0.1) is 0 Å². The van der Waals surface area contributed by atoms with E-state index in [1.807, 2.05) is 36.0 Å². The molecule has 0 amide bonds. The SMILES string of the molecule is CC(C)(C)SCCOc1ccc(N)cc1. The minimum atomic E-state index is 0.310. The van der Waals surface area contributed by atoms with E-state index in [0.717, 1.165) is 23.8 Å². The molecule has 0 fully saturated rings. The molecular formula is C12H19NOS. The maximum atomic E-state index is 5.58. The molecule has 0 radical (unpaired) electrons. The lowest BCUT2D eigenvalue weighted by Gasteiger charge is -2.17. The van der Waals surface area contributed by atoms with E-state index in [1.165, 1.54) is 0 Å². The number of rotatable bonds is 4. The lowest BCUT2D eigenvalue weighted by atomic mass is 10.3. The van der Waals surface area contributed by atoms with Crippen molar-refractivity contribution in [1.29, 1.82) is 0 Å². The second-order valence-corrected chi connectivity index (χ2v) is 6.30. The van der Waals surface area contributed by atoms with Gasteiger partial charge in [-0.05, 0) is 24.3 Å². The van der Waals surface area contributed by atoms with Gasteiger partial charge in [-0.15, -0.1) is 0 Å². The van der Waals surface area contributed by atoms with Gasteiger partial charge in [0.25, 0.3) is 0 Å². The van der Waals surface area contributed by atoms with E-state index in [2.05, 4.69) is 20.8 Å². The lowest BCUT2D eigenvalue weighted by Crippen LogP contribution is -2.11. The Morgan fingerprint density at radius 2 is 1.80 bits per heavy atom. The molecule has 84 valence electrons. The number of hydrogen-bond acceptors (Lipinski definition) is 3. The highest BCUT2D eigenvalue weighted by molar-refractivity contribution is 8.00. The number of ether oxygens (including phenoxy) is 1. The highest BCUT2D eigenvalue weighted by atomic mass is 32.2. The quantitative estimate of drug-likeness (QED) is 0.631. The summed E-state index contributed by atoms with van der Waals surface area (Å²) in [5, 5.41) is 0. The maximum Gasteiger partial charge on any atom is 0.119 e. The van der Waals surface area contributed by atoms with Crippen molar-refractivity contribution in [2.45, 2.75) is 25.5 Å². The summed E-state index contributed by atoms with van der Waals surface area (Å²) >= 11 is 1.91. The number of hydrogen-bond donors (Lipinski definition) is 1. The van der Waals surface area contributed by atoms with Crippen molar-refractivity contribution in [3.8, 4) is 5.75 Å². The van der Waals surface area contributed by atoms with Gasteiger partial charge < -0.3 is 10.5 Å². The van der Waals surface area contributed by atoms with Gasteiger partial charge in [-0.1, -0.05) is 20.8 Å². The molecule has 2 N–H and O–H groups in total. The van der Waals surface area contributed by atoms with Gasteiger partial charge in [0.2, 0.25) is 0 Å². The first-order chi connectivity index (χ1) is 6.97. The Morgan fingerprint density at radius 3 is 2.33 bits per heavy atom. The number of nitrogens with two attached hydrogens (primary N) is 1. The molecule has 0 aromatic heterocycles. The topological polar surface area (TPSA) is 35.2 Å². The molecule has 1 rings (SSSR count). The average Bonchev–Trinajstić information content (AvgIpc) is 2.14. The molecule has 0 saturated carbocycles. The molecule has 0 saturated heterocycles. The molecule has 2 nitrogen and oxygen atoms in total. The van der Waals surface area contributed by atoms with Crippen LogP contribution in [0.4, 0.5) is 5.69 Å². The lowest BCUT2D eigenvalue weighted by molar-refractivity contribution is 0.343. The number of benzene rings is 1. The van der Waals surface area contributed by atoms with Crippen LogP contribution in [0.1, 0.15) is 20.8 Å². The van der Waals surface area contributed by atoms with Crippen molar-refractivity contribution in [3.63, 3.8) is 0 Å². The molecule has 0 aliphatic heterocycles. The number of thioether (sulfide) groups is 1. The molecule has 0 bridgehead atoms. The fourth-order valence-corrected chi connectivity index (χ4v) is 1.85. The van der Waals surface area contributed by atoms with Crippen molar-refractivity contribution in [1.82, 2.24) is 0 Å². The fourth-order valence-electron chi connectivity index (χ4n) is 1.07. The van der Waals surface area contributed by atoms with Crippen LogP contribution < -0.4 is 10.5 Å². The summed E-state index contributed by atoms with van der Waals surface area (Å²) in [5.74, 6) is 1.90. The van der Waals surface area contributed by atoms with Crippen LogP contribution in [0.15, 0.2) is 24.3 Å². The summed E-state index contributed by atoms with van der Waals surface area (Å²) in [6.45, 7) is 7.37. The van der Waals surface area contributed by atoms with E-state index < -0.39 is 0 Å². The summed E-state index contributed by atoms with van der Waals surface area (Å²) < 4.78 is 5.89. The van der Waals surface area contributed by atoms with E-state index in [0.29, 0.717) is 4.75 Å². The van der Waals surface area contributed by atoms with Crippen molar-refractivity contribution in [2.75, 3.05) is 18.1 Å². The Morgan fingerprint density at radius 1 is 1.20 bits per heavy atom. The Kier molecular flexibility index (Phi) is 4.33. The third-order valence-corrected chi connectivity index (χ3v) is 3.00.